The van der Waals surface area contributed by atoms with Crippen LogP contribution in [-0.2, 0) is 0 Å². The molecule has 1 aliphatic carbocycles. The first-order chi connectivity index (χ1) is 6.22. The van der Waals surface area contributed by atoms with Crippen molar-refractivity contribution in [2.24, 2.45) is 11.7 Å². The van der Waals surface area contributed by atoms with Gasteiger partial charge in [0, 0.05) is 4.47 Å². The molecule has 0 spiro atoms. The van der Waals surface area contributed by atoms with Crippen molar-refractivity contribution < 1.29 is 0 Å². The summed E-state index contributed by atoms with van der Waals surface area (Å²) in [6.07, 6.45) is 1.22. The molecule has 0 bridgehead atoms. The fraction of sp³-hybridized carbons (Fsp3) is 0.400. The maximum atomic E-state index is 6.00. The quantitative estimate of drug-likeness (QED) is 0.868. The molecule has 0 aromatic heterocycles. The molecule has 2 unspecified atom stereocenters. The molecule has 1 aromatic carbocycles. The van der Waals surface area contributed by atoms with Crippen molar-refractivity contribution in [3.8, 4) is 0 Å². The Kier molecular flexibility index (Phi) is 2.63. The average Bonchev–Trinajstić information content (AvgIpc) is 2.88. The van der Waals surface area contributed by atoms with Crippen LogP contribution < -0.4 is 5.73 Å². The monoisotopic (exact) mass is 259 g/mol. The minimum absolute atomic E-state index is 0.649. The molecule has 1 nitrogen and oxygen atoms in total. The number of nitrogens with two attached hydrogens (primary N) is 1. The summed E-state index contributed by atoms with van der Waals surface area (Å²) in [4.78, 5) is 0. The van der Waals surface area contributed by atoms with Crippen molar-refractivity contribution >= 4 is 27.5 Å². The van der Waals surface area contributed by atoms with E-state index in [1.54, 1.807) is 0 Å². The highest BCUT2D eigenvalue weighted by Crippen LogP contribution is 2.47. The van der Waals surface area contributed by atoms with E-state index in [1.165, 1.54) is 12.0 Å². The Labute approximate surface area is 91.4 Å². The van der Waals surface area contributed by atoms with Crippen LogP contribution in [0.1, 0.15) is 17.9 Å². The minimum Gasteiger partial charge on any atom is -0.330 e. The topological polar surface area (TPSA) is 26.0 Å². The summed E-state index contributed by atoms with van der Waals surface area (Å²) in [6.45, 7) is 0.790. The second-order valence-corrected chi connectivity index (χ2v) is 4.77. The van der Waals surface area contributed by atoms with Gasteiger partial charge in [0.25, 0.3) is 0 Å². The van der Waals surface area contributed by atoms with E-state index in [0.717, 1.165) is 16.0 Å². The standard InChI is InChI=1S/C10H11BrClN/c11-9-2-1-6(4-10(9)12)8-3-7(8)5-13/h1-2,4,7-8H,3,5,13H2. The Morgan fingerprint density at radius 2 is 2.31 bits per heavy atom. The third-order valence-corrected chi connectivity index (χ3v) is 3.83. The zero-order valence-electron chi connectivity index (χ0n) is 7.13. The Morgan fingerprint density at radius 1 is 1.54 bits per heavy atom. The number of hydrogen-bond acceptors (Lipinski definition) is 1. The van der Waals surface area contributed by atoms with Gasteiger partial charge in [-0.3, -0.25) is 0 Å². The van der Waals surface area contributed by atoms with Gasteiger partial charge in [0.2, 0.25) is 0 Å². The summed E-state index contributed by atoms with van der Waals surface area (Å²) < 4.78 is 0.961. The van der Waals surface area contributed by atoms with Crippen molar-refractivity contribution in [1.82, 2.24) is 0 Å². The molecule has 2 atom stereocenters. The van der Waals surface area contributed by atoms with Crippen LogP contribution in [-0.4, -0.2) is 6.54 Å². The largest absolute Gasteiger partial charge is 0.330 e. The highest BCUT2D eigenvalue weighted by molar-refractivity contribution is 9.10. The Morgan fingerprint density at radius 3 is 2.85 bits per heavy atom. The first-order valence-electron chi connectivity index (χ1n) is 4.37. The van der Waals surface area contributed by atoms with Crippen LogP contribution in [0, 0.1) is 5.92 Å². The minimum atomic E-state index is 0.649. The van der Waals surface area contributed by atoms with Crippen LogP contribution in [0.2, 0.25) is 5.02 Å². The van der Waals surface area contributed by atoms with Gasteiger partial charge >= 0.3 is 0 Å². The van der Waals surface area contributed by atoms with E-state index < -0.39 is 0 Å². The molecule has 2 N–H and O–H groups in total. The van der Waals surface area contributed by atoms with Crippen LogP contribution in [0.15, 0.2) is 22.7 Å². The Balaban J connectivity index is 2.19. The van der Waals surface area contributed by atoms with Gasteiger partial charge in [-0.1, -0.05) is 17.7 Å². The lowest BCUT2D eigenvalue weighted by Crippen LogP contribution is -2.01. The molecule has 70 valence electrons. The second-order valence-electron chi connectivity index (χ2n) is 3.51. The predicted octanol–water partition coefficient (Wildman–Crippen LogP) is 3.16. The SMILES string of the molecule is NCC1CC1c1ccc(Br)c(Cl)c1. The smallest absolute Gasteiger partial charge is 0.0550 e. The van der Waals surface area contributed by atoms with Gasteiger partial charge in [-0.15, -0.1) is 0 Å². The average molecular weight is 261 g/mol. The Bertz CT molecular complexity index is 327. The van der Waals surface area contributed by atoms with E-state index >= 15 is 0 Å². The van der Waals surface area contributed by atoms with Crippen LogP contribution >= 0.6 is 27.5 Å². The molecule has 0 saturated heterocycles. The second kappa shape index (κ2) is 3.60. The molecule has 1 aromatic rings. The van der Waals surface area contributed by atoms with E-state index in [-0.39, 0.29) is 0 Å². The molecular weight excluding hydrogens is 249 g/mol. The molecule has 2 rings (SSSR count). The summed E-state index contributed by atoms with van der Waals surface area (Å²) in [6, 6.07) is 6.16. The van der Waals surface area contributed by atoms with Crippen molar-refractivity contribution in [1.29, 1.82) is 0 Å². The van der Waals surface area contributed by atoms with Gasteiger partial charge < -0.3 is 5.73 Å². The molecule has 13 heavy (non-hydrogen) atoms. The van der Waals surface area contributed by atoms with Crippen molar-refractivity contribution in [2.45, 2.75) is 12.3 Å². The number of rotatable bonds is 2. The lowest BCUT2D eigenvalue weighted by molar-refractivity contribution is 0.809. The third-order valence-electron chi connectivity index (χ3n) is 2.60. The normalized spacial score (nSPS) is 26.1. The number of hydrogen-bond donors (Lipinski definition) is 1. The molecule has 0 radical (unpaired) electrons. The van der Waals surface area contributed by atoms with Crippen LogP contribution in [0.4, 0.5) is 0 Å². The van der Waals surface area contributed by atoms with Gasteiger partial charge in [0.1, 0.15) is 0 Å². The van der Waals surface area contributed by atoms with E-state index in [1.807, 2.05) is 12.1 Å². The van der Waals surface area contributed by atoms with Gasteiger partial charge in [-0.25, -0.2) is 0 Å². The molecule has 1 fully saturated rings. The summed E-state index contributed by atoms with van der Waals surface area (Å²) in [5.41, 5.74) is 6.91. The predicted molar refractivity (Wildman–Crippen MR) is 59.1 cm³/mol. The van der Waals surface area contributed by atoms with Gasteiger partial charge in [-0.05, 0) is 58.4 Å². The first-order valence-corrected chi connectivity index (χ1v) is 5.54. The van der Waals surface area contributed by atoms with E-state index in [0.29, 0.717) is 11.8 Å². The molecule has 1 saturated carbocycles. The lowest BCUT2D eigenvalue weighted by Gasteiger charge is -2.01. The highest BCUT2D eigenvalue weighted by Gasteiger charge is 2.36. The highest BCUT2D eigenvalue weighted by atomic mass is 79.9. The molecule has 0 amide bonds. The maximum Gasteiger partial charge on any atom is 0.0550 e. The van der Waals surface area contributed by atoms with E-state index in [2.05, 4.69) is 22.0 Å². The first kappa shape index (κ1) is 9.50. The maximum absolute atomic E-state index is 6.00. The number of halogens is 2. The van der Waals surface area contributed by atoms with Crippen LogP contribution in [0.5, 0.6) is 0 Å². The van der Waals surface area contributed by atoms with E-state index in [9.17, 15) is 0 Å². The molecule has 0 aliphatic heterocycles. The fourth-order valence-electron chi connectivity index (χ4n) is 1.66. The molecule has 0 heterocycles. The summed E-state index contributed by atoms with van der Waals surface area (Å²) in [5, 5.41) is 0.792. The van der Waals surface area contributed by atoms with Crippen LogP contribution in [0.25, 0.3) is 0 Å². The van der Waals surface area contributed by atoms with Crippen molar-refractivity contribution in [3.63, 3.8) is 0 Å². The lowest BCUT2D eigenvalue weighted by atomic mass is 10.1. The van der Waals surface area contributed by atoms with E-state index in [4.69, 9.17) is 17.3 Å². The number of benzene rings is 1. The van der Waals surface area contributed by atoms with Gasteiger partial charge in [-0.2, -0.15) is 0 Å². The summed E-state index contributed by atoms with van der Waals surface area (Å²) in [5.74, 6) is 1.33. The molecular formula is C10H11BrClN. The van der Waals surface area contributed by atoms with Gasteiger partial charge in [0.15, 0.2) is 0 Å². The van der Waals surface area contributed by atoms with Crippen LogP contribution in [0.3, 0.4) is 0 Å². The third kappa shape index (κ3) is 1.90. The zero-order chi connectivity index (χ0) is 9.42. The summed E-state index contributed by atoms with van der Waals surface area (Å²) in [7, 11) is 0. The zero-order valence-corrected chi connectivity index (χ0v) is 9.48. The van der Waals surface area contributed by atoms with Crippen molar-refractivity contribution in [3.05, 3.63) is 33.3 Å². The molecule has 3 heteroatoms. The Hall–Kier alpha value is -0.0500. The summed E-state index contributed by atoms with van der Waals surface area (Å²) >= 11 is 9.37. The van der Waals surface area contributed by atoms with Gasteiger partial charge in [0.05, 0.1) is 5.02 Å². The fourth-order valence-corrected chi connectivity index (χ4v) is 2.09. The molecule has 1 aliphatic rings. The van der Waals surface area contributed by atoms with Crippen molar-refractivity contribution in [2.75, 3.05) is 6.54 Å².